The summed E-state index contributed by atoms with van der Waals surface area (Å²) in [5.74, 6) is 0. The Hall–Kier alpha value is -2.29. The van der Waals surface area contributed by atoms with Crippen LogP contribution >= 0.6 is 0 Å². The van der Waals surface area contributed by atoms with Gasteiger partial charge in [0.05, 0.1) is 17.4 Å². The maximum absolute atomic E-state index is 4.06. The highest BCUT2D eigenvalue weighted by Gasteiger charge is 2.09. The SMILES string of the molecule is c1ccc(N2CCCCC2)cc1.c1ccc2[nH]cnc2c1. The number of aromatic nitrogens is 2. The normalized spacial score (nSPS) is 14.6. The number of para-hydroxylation sites is 3. The second-order valence-corrected chi connectivity index (χ2v) is 5.30. The molecule has 3 nitrogen and oxygen atoms in total. The molecule has 1 fully saturated rings. The largest absolute Gasteiger partial charge is 0.372 e. The Labute approximate surface area is 125 Å². The molecule has 0 spiro atoms. The number of rotatable bonds is 1. The number of H-pyrrole nitrogens is 1. The van der Waals surface area contributed by atoms with Gasteiger partial charge in [-0.25, -0.2) is 4.98 Å². The van der Waals surface area contributed by atoms with Gasteiger partial charge < -0.3 is 9.88 Å². The molecule has 0 atom stereocenters. The van der Waals surface area contributed by atoms with E-state index in [-0.39, 0.29) is 0 Å². The molecule has 0 radical (unpaired) electrons. The van der Waals surface area contributed by atoms with Crippen LogP contribution in [0.5, 0.6) is 0 Å². The minimum atomic E-state index is 1.03. The quantitative estimate of drug-likeness (QED) is 0.722. The summed E-state index contributed by atoms with van der Waals surface area (Å²) in [7, 11) is 0. The van der Waals surface area contributed by atoms with E-state index >= 15 is 0 Å². The maximum Gasteiger partial charge on any atom is 0.0931 e. The number of imidazole rings is 1. The maximum atomic E-state index is 4.06. The first-order chi connectivity index (χ1) is 10.4. The Morgan fingerprint density at radius 2 is 1.52 bits per heavy atom. The molecule has 2 aromatic carbocycles. The monoisotopic (exact) mass is 279 g/mol. The summed E-state index contributed by atoms with van der Waals surface area (Å²) in [6, 6.07) is 18.6. The molecule has 1 aromatic heterocycles. The number of hydrogen-bond acceptors (Lipinski definition) is 2. The van der Waals surface area contributed by atoms with Gasteiger partial charge in [-0.2, -0.15) is 0 Å². The lowest BCUT2D eigenvalue weighted by Crippen LogP contribution is -2.29. The lowest BCUT2D eigenvalue weighted by Gasteiger charge is -2.28. The molecule has 3 aromatic rings. The van der Waals surface area contributed by atoms with E-state index in [2.05, 4.69) is 45.2 Å². The molecule has 0 bridgehead atoms. The predicted molar refractivity (Wildman–Crippen MR) is 88.6 cm³/mol. The van der Waals surface area contributed by atoms with Crippen LogP contribution in [0.3, 0.4) is 0 Å². The van der Waals surface area contributed by atoms with Crippen LogP contribution in [-0.2, 0) is 0 Å². The first kappa shape index (κ1) is 13.7. The standard InChI is InChI=1S/C11H15N.C7H6N2/c1-3-7-11(8-4-1)12-9-5-2-6-10-12;1-2-4-7-6(3-1)8-5-9-7/h1,3-4,7-8H,2,5-6,9-10H2;1-5H,(H,8,9). The molecule has 1 N–H and O–H groups in total. The topological polar surface area (TPSA) is 31.9 Å². The summed E-state index contributed by atoms with van der Waals surface area (Å²) in [6.45, 7) is 2.48. The lowest BCUT2D eigenvalue weighted by molar-refractivity contribution is 0.578. The van der Waals surface area contributed by atoms with Crippen molar-refractivity contribution in [3.8, 4) is 0 Å². The first-order valence-electron chi connectivity index (χ1n) is 7.61. The molecule has 0 amide bonds. The fourth-order valence-electron chi connectivity index (χ4n) is 2.67. The van der Waals surface area contributed by atoms with Crippen molar-refractivity contribution in [2.75, 3.05) is 18.0 Å². The average molecular weight is 279 g/mol. The van der Waals surface area contributed by atoms with Gasteiger partial charge in [0.1, 0.15) is 0 Å². The van der Waals surface area contributed by atoms with E-state index in [1.807, 2.05) is 24.3 Å². The Kier molecular flexibility index (Phi) is 4.52. The minimum absolute atomic E-state index is 1.03. The molecule has 108 valence electrons. The van der Waals surface area contributed by atoms with Crippen LogP contribution in [0.15, 0.2) is 60.9 Å². The van der Waals surface area contributed by atoms with Gasteiger partial charge in [-0.3, -0.25) is 0 Å². The molecule has 0 unspecified atom stereocenters. The van der Waals surface area contributed by atoms with Gasteiger partial charge in [-0.05, 0) is 43.5 Å². The van der Waals surface area contributed by atoms with E-state index in [4.69, 9.17) is 0 Å². The summed E-state index contributed by atoms with van der Waals surface area (Å²) >= 11 is 0. The number of aromatic amines is 1. The van der Waals surface area contributed by atoms with Crippen molar-refractivity contribution < 1.29 is 0 Å². The van der Waals surface area contributed by atoms with Crippen molar-refractivity contribution in [2.45, 2.75) is 19.3 Å². The number of nitrogens with one attached hydrogen (secondary N) is 1. The molecule has 0 saturated carbocycles. The van der Waals surface area contributed by atoms with Crippen LogP contribution < -0.4 is 4.90 Å². The fourth-order valence-corrected chi connectivity index (χ4v) is 2.67. The van der Waals surface area contributed by atoms with Crippen molar-refractivity contribution in [1.82, 2.24) is 9.97 Å². The Morgan fingerprint density at radius 1 is 0.810 bits per heavy atom. The van der Waals surface area contributed by atoms with Gasteiger partial charge >= 0.3 is 0 Å². The van der Waals surface area contributed by atoms with Crippen LogP contribution in [0.2, 0.25) is 0 Å². The Morgan fingerprint density at radius 3 is 2.29 bits per heavy atom. The van der Waals surface area contributed by atoms with Gasteiger partial charge in [0, 0.05) is 18.8 Å². The molecule has 4 rings (SSSR count). The second-order valence-electron chi connectivity index (χ2n) is 5.30. The third-order valence-corrected chi connectivity index (χ3v) is 3.81. The smallest absolute Gasteiger partial charge is 0.0931 e. The van der Waals surface area contributed by atoms with Crippen molar-refractivity contribution in [2.24, 2.45) is 0 Å². The number of nitrogens with zero attached hydrogens (tertiary/aromatic N) is 2. The Bertz CT molecular complexity index is 624. The van der Waals surface area contributed by atoms with Gasteiger partial charge in [-0.1, -0.05) is 30.3 Å². The third kappa shape index (κ3) is 3.63. The van der Waals surface area contributed by atoms with Gasteiger partial charge in [0.2, 0.25) is 0 Å². The van der Waals surface area contributed by atoms with E-state index in [0.717, 1.165) is 11.0 Å². The minimum Gasteiger partial charge on any atom is -0.372 e. The second kappa shape index (κ2) is 6.93. The van der Waals surface area contributed by atoms with Crippen LogP contribution in [-0.4, -0.2) is 23.1 Å². The number of fused-ring (bicyclic) bond motifs is 1. The van der Waals surface area contributed by atoms with Crippen LogP contribution in [0, 0.1) is 0 Å². The molecule has 21 heavy (non-hydrogen) atoms. The zero-order valence-electron chi connectivity index (χ0n) is 12.2. The van der Waals surface area contributed by atoms with E-state index in [0.29, 0.717) is 0 Å². The van der Waals surface area contributed by atoms with Crippen molar-refractivity contribution in [3.63, 3.8) is 0 Å². The Balaban J connectivity index is 0.000000131. The third-order valence-electron chi connectivity index (χ3n) is 3.81. The van der Waals surface area contributed by atoms with Gasteiger partial charge in [-0.15, -0.1) is 0 Å². The molecule has 1 saturated heterocycles. The predicted octanol–water partition coefficient (Wildman–Crippen LogP) is 4.24. The summed E-state index contributed by atoms with van der Waals surface area (Å²) < 4.78 is 0. The number of benzene rings is 2. The summed E-state index contributed by atoms with van der Waals surface area (Å²) in [5.41, 5.74) is 3.51. The average Bonchev–Trinajstić information content (AvgIpc) is 3.06. The van der Waals surface area contributed by atoms with E-state index in [9.17, 15) is 0 Å². The summed E-state index contributed by atoms with van der Waals surface area (Å²) in [5, 5.41) is 0. The van der Waals surface area contributed by atoms with E-state index in [1.165, 1.54) is 38.0 Å². The first-order valence-corrected chi connectivity index (χ1v) is 7.61. The van der Waals surface area contributed by atoms with Gasteiger partial charge in [0.15, 0.2) is 0 Å². The molecule has 2 heterocycles. The van der Waals surface area contributed by atoms with Crippen molar-refractivity contribution in [1.29, 1.82) is 0 Å². The van der Waals surface area contributed by atoms with E-state index < -0.39 is 0 Å². The van der Waals surface area contributed by atoms with E-state index in [1.54, 1.807) is 6.33 Å². The highest BCUT2D eigenvalue weighted by Crippen LogP contribution is 2.18. The van der Waals surface area contributed by atoms with Crippen molar-refractivity contribution in [3.05, 3.63) is 60.9 Å². The molecular formula is C18H21N3. The zero-order valence-corrected chi connectivity index (χ0v) is 12.2. The highest BCUT2D eigenvalue weighted by atomic mass is 15.1. The number of piperidine rings is 1. The fraction of sp³-hybridized carbons (Fsp3) is 0.278. The summed E-state index contributed by atoms with van der Waals surface area (Å²) in [4.78, 5) is 9.55. The molecule has 1 aliphatic heterocycles. The lowest BCUT2D eigenvalue weighted by atomic mass is 10.1. The molecule has 1 aliphatic rings. The van der Waals surface area contributed by atoms with Gasteiger partial charge in [0.25, 0.3) is 0 Å². The van der Waals surface area contributed by atoms with Crippen LogP contribution in [0.1, 0.15) is 19.3 Å². The molecular weight excluding hydrogens is 258 g/mol. The zero-order chi connectivity index (χ0) is 14.3. The number of anilines is 1. The number of hydrogen-bond donors (Lipinski definition) is 1. The molecule has 3 heteroatoms. The van der Waals surface area contributed by atoms with Crippen LogP contribution in [0.25, 0.3) is 11.0 Å². The highest BCUT2D eigenvalue weighted by molar-refractivity contribution is 5.73. The summed E-state index contributed by atoms with van der Waals surface area (Å²) in [6.07, 6.45) is 5.82. The van der Waals surface area contributed by atoms with Crippen LogP contribution in [0.4, 0.5) is 5.69 Å². The van der Waals surface area contributed by atoms with Crippen molar-refractivity contribution >= 4 is 16.7 Å². The molecule has 0 aliphatic carbocycles.